The van der Waals surface area contributed by atoms with Crippen LogP contribution in [0, 0.1) is 0 Å². The Morgan fingerprint density at radius 2 is 1.79 bits per heavy atom. The summed E-state index contributed by atoms with van der Waals surface area (Å²) in [6.07, 6.45) is 1.54. The number of likely N-dealkylation sites (tertiary alicyclic amines) is 1. The molecular formula is C34H33Cl2F2N5O5. The van der Waals surface area contributed by atoms with E-state index in [1.807, 2.05) is 28.0 Å². The standard InChI is InChI=1S/C34H33Cl2F2N5O5/c1-47-33-28(18-43-15-20(45)16-43)39-14-26(41-33)24-7-3-6-22(32(24)36)21-5-2-4-19(31(21)35)12-29(46)25-13-30(48-34(37)38)23-8-9-42(10-11-44)17-27(23)40-25/h2-7,13-14,20,34,44-45H,8-12,15-18H2,1H3. The fourth-order valence-corrected chi connectivity index (χ4v) is 6.66. The van der Waals surface area contributed by atoms with Crippen LogP contribution < -0.4 is 9.47 Å². The Morgan fingerprint density at radius 3 is 2.50 bits per heavy atom. The second-order valence-electron chi connectivity index (χ2n) is 11.7. The largest absolute Gasteiger partial charge is 0.480 e. The Balaban J connectivity index is 1.27. The number of halogens is 4. The summed E-state index contributed by atoms with van der Waals surface area (Å²) >= 11 is 13.9. The number of ketones is 1. The van der Waals surface area contributed by atoms with Crippen molar-refractivity contribution in [1.82, 2.24) is 24.8 Å². The Labute approximate surface area is 285 Å². The van der Waals surface area contributed by atoms with E-state index in [1.165, 1.54) is 13.2 Å². The van der Waals surface area contributed by atoms with E-state index in [1.54, 1.807) is 24.4 Å². The molecule has 0 spiro atoms. The molecule has 48 heavy (non-hydrogen) atoms. The van der Waals surface area contributed by atoms with E-state index in [-0.39, 0.29) is 30.6 Å². The van der Waals surface area contributed by atoms with Crippen LogP contribution in [-0.2, 0) is 25.9 Å². The van der Waals surface area contributed by atoms with Gasteiger partial charge in [0, 0.05) is 74.0 Å². The van der Waals surface area contributed by atoms with Crippen LogP contribution in [-0.4, -0.2) is 93.4 Å². The van der Waals surface area contributed by atoms with Crippen LogP contribution >= 0.6 is 23.2 Å². The number of carbonyl (C=O) groups is 1. The number of rotatable bonds is 12. The van der Waals surface area contributed by atoms with Crippen molar-refractivity contribution in [2.24, 2.45) is 0 Å². The van der Waals surface area contributed by atoms with E-state index >= 15 is 0 Å². The van der Waals surface area contributed by atoms with Crippen LogP contribution in [0.4, 0.5) is 8.78 Å². The first kappa shape index (κ1) is 34.1. The number of hydrogen-bond acceptors (Lipinski definition) is 10. The zero-order valence-electron chi connectivity index (χ0n) is 26.0. The lowest BCUT2D eigenvalue weighted by molar-refractivity contribution is -0.0508. The van der Waals surface area contributed by atoms with Crippen LogP contribution in [0.1, 0.15) is 33.0 Å². The third-order valence-corrected chi connectivity index (χ3v) is 9.30. The van der Waals surface area contributed by atoms with E-state index in [9.17, 15) is 23.8 Å². The summed E-state index contributed by atoms with van der Waals surface area (Å²) < 4.78 is 36.9. The summed E-state index contributed by atoms with van der Waals surface area (Å²) in [6.45, 7) is -0.268. The molecular weight excluding hydrogens is 667 g/mol. The second kappa shape index (κ2) is 14.8. The zero-order valence-corrected chi connectivity index (χ0v) is 27.5. The van der Waals surface area contributed by atoms with Crippen molar-refractivity contribution in [2.45, 2.75) is 38.6 Å². The molecule has 0 amide bonds. The summed E-state index contributed by atoms with van der Waals surface area (Å²) in [7, 11) is 1.52. The fourth-order valence-electron chi connectivity index (χ4n) is 6.04. The lowest BCUT2D eigenvalue weighted by Crippen LogP contribution is -2.50. The lowest BCUT2D eigenvalue weighted by Gasteiger charge is -2.35. The van der Waals surface area contributed by atoms with Crippen molar-refractivity contribution in [3.8, 4) is 34.0 Å². The molecule has 2 aliphatic rings. The number of aliphatic hydroxyl groups is 2. The number of methoxy groups -OCH3 is 1. The monoisotopic (exact) mass is 699 g/mol. The van der Waals surface area contributed by atoms with Crippen molar-refractivity contribution >= 4 is 29.0 Å². The Kier molecular flexibility index (Phi) is 10.5. The molecule has 2 aliphatic heterocycles. The molecule has 2 N–H and O–H groups in total. The fraction of sp³-hybridized carbons (Fsp3) is 0.353. The summed E-state index contributed by atoms with van der Waals surface area (Å²) in [5, 5.41) is 19.6. The number of carbonyl (C=O) groups excluding carboxylic acids is 1. The normalized spacial score (nSPS) is 15.3. The van der Waals surface area contributed by atoms with Gasteiger partial charge in [0.2, 0.25) is 5.88 Å². The highest BCUT2D eigenvalue weighted by atomic mass is 35.5. The highest BCUT2D eigenvalue weighted by molar-refractivity contribution is 6.38. The molecule has 0 aliphatic carbocycles. The molecule has 4 aromatic rings. The van der Waals surface area contributed by atoms with Gasteiger partial charge in [0.1, 0.15) is 17.1 Å². The molecule has 0 radical (unpaired) electrons. The molecule has 0 atom stereocenters. The van der Waals surface area contributed by atoms with Crippen molar-refractivity contribution in [2.75, 3.05) is 39.9 Å². The second-order valence-corrected chi connectivity index (χ2v) is 12.4. The first-order chi connectivity index (χ1) is 23.1. The molecule has 2 aromatic heterocycles. The highest BCUT2D eigenvalue weighted by Gasteiger charge is 2.27. The predicted octanol–water partition coefficient (Wildman–Crippen LogP) is 5.07. The third-order valence-electron chi connectivity index (χ3n) is 8.45. The quantitative estimate of drug-likeness (QED) is 0.194. The summed E-state index contributed by atoms with van der Waals surface area (Å²) in [5.74, 6) is -0.143. The molecule has 2 aromatic carbocycles. The number of nitrogens with zero attached hydrogens (tertiary/aromatic N) is 5. The van der Waals surface area contributed by atoms with Gasteiger partial charge in [-0.3, -0.25) is 19.6 Å². The van der Waals surface area contributed by atoms with Crippen molar-refractivity contribution in [3.05, 3.63) is 86.9 Å². The minimum atomic E-state index is -3.06. The summed E-state index contributed by atoms with van der Waals surface area (Å²) in [4.78, 5) is 31.3. The molecule has 0 bridgehead atoms. The van der Waals surface area contributed by atoms with Crippen molar-refractivity contribution in [1.29, 1.82) is 0 Å². The summed E-state index contributed by atoms with van der Waals surface area (Å²) in [5.41, 5.74) is 4.41. The molecule has 0 unspecified atom stereocenters. The molecule has 0 saturated carbocycles. The molecule has 10 nitrogen and oxygen atoms in total. The topological polar surface area (TPSA) is 121 Å². The minimum Gasteiger partial charge on any atom is -0.480 e. The summed E-state index contributed by atoms with van der Waals surface area (Å²) in [6, 6.07) is 12.0. The molecule has 14 heteroatoms. The average Bonchev–Trinajstić information content (AvgIpc) is 3.05. The number of ether oxygens (including phenoxy) is 2. The number of benzene rings is 2. The maximum Gasteiger partial charge on any atom is 0.387 e. The van der Waals surface area contributed by atoms with Crippen LogP contribution in [0.5, 0.6) is 11.6 Å². The molecule has 252 valence electrons. The third kappa shape index (κ3) is 7.29. The van der Waals surface area contributed by atoms with Crippen LogP contribution in [0.2, 0.25) is 10.0 Å². The lowest BCUT2D eigenvalue weighted by atomic mass is 9.97. The number of pyridine rings is 1. The zero-order chi connectivity index (χ0) is 33.9. The Bertz CT molecular complexity index is 1830. The van der Waals surface area contributed by atoms with E-state index in [0.717, 1.165) is 0 Å². The van der Waals surface area contributed by atoms with Gasteiger partial charge in [-0.25, -0.2) is 9.97 Å². The van der Waals surface area contributed by atoms with Gasteiger partial charge in [0.15, 0.2) is 5.78 Å². The molecule has 4 heterocycles. The first-order valence-electron chi connectivity index (χ1n) is 15.4. The van der Waals surface area contributed by atoms with E-state index < -0.39 is 12.4 Å². The van der Waals surface area contributed by atoms with Gasteiger partial charge in [-0.1, -0.05) is 59.6 Å². The van der Waals surface area contributed by atoms with E-state index in [4.69, 9.17) is 32.7 Å². The maximum atomic E-state index is 13.6. The molecule has 1 fully saturated rings. The SMILES string of the molecule is COc1nc(-c2cccc(-c3cccc(CC(=O)c4cc(OC(F)F)c5c(n4)CN(CCO)CC5)c3Cl)c2Cl)cnc1CN1CC(O)C1. The van der Waals surface area contributed by atoms with Crippen LogP contribution in [0.25, 0.3) is 22.4 Å². The van der Waals surface area contributed by atoms with Crippen molar-refractivity contribution < 1.29 is 33.3 Å². The Morgan fingerprint density at radius 1 is 1.06 bits per heavy atom. The number of β-amino-alcohol motifs (C(OH)–C–C–N with tert-alkyl or cyclic N) is 2. The number of aromatic nitrogens is 3. The smallest absolute Gasteiger partial charge is 0.387 e. The number of Topliss-reactive ketones (excluding diaryl/α,β-unsaturated/α-hetero) is 1. The van der Waals surface area contributed by atoms with Gasteiger partial charge in [-0.05, 0) is 12.0 Å². The van der Waals surface area contributed by atoms with Crippen LogP contribution in [0.3, 0.4) is 0 Å². The number of alkyl halides is 2. The van der Waals surface area contributed by atoms with Gasteiger partial charge in [-0.15, -0.1) is 0 Å². The van der Waals surface area contributed by atoms with Crippen LogP contribution in [0.15, 0.2) is 48.7 Å². The van der Waals surface area contributed by atoms with Gasteiger partial charge >= 0.3 is 6.61 Å². The number of aliphatic hydroxyl groups excluding tert-OH is 2. The van der Waals surface area contributed by atoms with Crippen molar-refractivity contribution in [3.63, 3.8) is 0 Å². The Hall–Kier alpha value is -3.78. The van der Waals surface area contributed by atoms with E-state index in [0.29, 0.717) is 107 Å². The van der Waals surface area contributed by atoms with Gasteiger partial charge in [0.05, 0.1) is 47.5 Å². The highest BCUT2D eigenvalue weighted by Crippen LogP contribution is 2.40. The molecule has 1 saturated heterocycles. The van der Waals surface area contributed by atoms with Gasteiger partial charge < -0.3 is 19.7 Å². The first-order valence-corrected chi connectivity index (χ1v) is 16.1. The minimum absolute atomic E-state index is 0.0157. The van der Waals surface area contributed by atoms with Gasteiger partial charge in [-0.2, -0.15) is 8.78 Å². The predicted molar refractivity (Wildman–Crippen MR) is 176 cm³/mol. The van der Waals surface area contributed by atoms with E-state index in [2.05, 4.69) is 15.0 Å². The molecule has 6 rings (SSSR count). The van der Waals surface area contributed by atoms with Gasteiger partial charge in [0.25, 0.3) is 0 Å². The maximum absolute atomic E-state index is 13.6. The number of fused-ring (bicyclic) bond motifs is 1. The average molecular weight is 701 g/mol. The number of hydrogen-bond donors (Lipinski definition) is 2.